The highest BCUT2D eigenvalue weighted by atomic mass is 15.1. The molecule has 1 heterocycles. The van der Waals surface area contributed by atoms with Crippen LogP contribution in [0, 0.1) is 12.8 Å². The van der Waals surface area contributed by atoms with Crippen LogP contribution in [0.2, 0.25) is 0 Å². The number of rotatable bonds is 5. The van der Waals surface area contributed by atoms with Crippen molar-refractivity contribution in [2.75, 3.05) is 26.0 Å². The molecule has 0 bridgehead atoms. The van der Waals surface area contributed by atoms with Gasteiger partial charge in [0.1, 0.15) is 5.82 Å². The molecular formula is C17H23N3. The molecule has 1 aliphatic carbocycles. The van der Waals surface area contributed by atoms with Gasteiger partial charge >= 0.3 is 0 Å². The van der Waals surface area contributed by atoms with Crippen molar-refractivity contribution in [3.05, 3.63) is 35.9 Å². The van der Waals surface area contributed by atoms with Gasteiger partial charge in [0.15, 0.2) is 0 Å². The molecule has 3 heteroatoms. The third-order valence-corrected chi connectivity index (χ3v) is 4.22. The fourth-order valence-corrected chi connectivity index (χ4v) is 2.85. The fourth-order valence-electron chi connectivity index (χ4n) is 2.85. The molecule has 1 saturated carbocycles. The number of aryl methyl sites for hydroxylation is 1. The molecule has 3 nitrogen and oxygen atoms in total. The zero-order chi connectivity index (χ0) is 14.1. The Balaban J connectivity index is 1.78. The molecule has 1 N–H and O–H groups in total. The van der Waals surface area contributed by atoms with Crippen molar-refractivity contribution < 1.29 is 0 Å². The predicted octanol–water partition coefficient (Wildman–Crippen LogP) is 3.30. The number of nitrogens with one attached hydrogen (secondary N) is 1. The molecular weight excluding hydrogens is 246 g/mol. The van der Waals surface area contributed by atoms with Gasteiger partial charge in [0, 0.05) is 18.0 Å². The Hall–Kier alpha value is -1.61. The third kappa shape index (κ3) is 2.78. The first kappa shape index (κ1) is 13.4. The van der Waals surface area contributed by atoms with Crippen molar-refractivity contribution in [3.63, 3.8) is 0 Å². The SMILES string of the molecule is Cc1cc2ccccc2nc1NCC(C1CC1)N(C)C. The van der Waals surface area contributed by atoms with Gasteiger partial charge in [-0.25, -0.2) is 4.98 Å². The number of anilines is 1. The molecule has 1 aliphatic rings. The van der Waals surface area contributed by atoms with Crippen molar-refractivity contribution >= 4 is 16.7 Å². The molecule has 1 unspecified atom stereocenters. The smallest absolute Gasteiger partial charge is 0.129 e. The van der Waals surface area contributed by atoms with Crippen LogP contribution >= 0.6 is 0 Å². The van der Waals surface area contributed by atoms with E-state index in [2.05, 4.69) is 55.5 Å². The molecule has 0 aliphatic heterocycles. The standard InChI is InChI=1S/C17H23N3/c1-12-10-14-6-4-5-7-15(14)19-17(12)18-11-16(20(2)3)13-8-9-13/h4-7,10,13,16H,8-9,11H2,1-3H3,(H,18,19). The maximum atomic E-state index is 4.76. The lowest BCUT2D eigenvalue weighted by molar-refractivity contribution is 0.276. The van der Waals surface area contributed by atoms with Crippen molar-refractivity contribution in [1.82, 2.24) is 9.88 Å². The van der Waals surface area contributed by atoms with E-state index in [-0.39, 0.29) is 0 Å². The third-order valence-electron chi connectivity index (χ3n) is 4.22. The number of benzene rings is 1. The average molecular weight is 269 g/mol. The summed E-state index contributed by atoms with van der Waals surface area (Å²) in [4.78, 5) is 7.09. The van der Waals surface area contributed by atoms with Crippen LogP contribution in [-0.4, -0.2) is 36.6 Å². The lowest BCUT2D eigenvalue weighted by atomic mass is 10.1. The number of para-hydroxylation sites is 1. The Morgan fingerprint density at radius 2 is 2.05 bits per heavy atom. The van der Waals surface area contributed by atoms with Crippen LogP contribution in [0.5, 0.6) is 0 Å². The normalized spacial score (nSPS) is 16.6. The van der Waals surface area contributed by atoms with Crippen LogP contribution in [0.25, 0.3) is 10.9 Å². The van der Waals surface area contributed by atoms with E-state index in [1.807, 2.05) is 6.07 Å². The van der Waals surface area contributed by atoms with E-state index in [9.17, 15) is 0 Å². The monoisotopic (exact) mass is 269 g/mol. The summed E-state index contributed by atoms with van der Waals surface area (Å²) in [5, 5.41) is 4.77. The highest BCUT2D eigenvalue weighted by Crippen LogP contribution is 2.34. The number of fused-ring (bicyclic) bond motifs is 1. The van der Waals surface area contributed by atoms with E-state index < -0.39 is 0 Å². The van der Waals surface area contributed by atoms with Gasteiger partial charge < -0.3 is 10.2 Å². The van der Waals surface area contributed by atoms with Crippen molar-refractivity contribution in [1.29, 1.82) is 0 Å². The van der Waals surface area contributed by atoms with Crippen molar-refractivity contribution in [2.24, 2.45) is 5.92 Å². The van der Waals surface area contributed by atoms with Crippen LogP contribution < -0.4 is 5.32 Å². The Morgan fingerprint density at radius 3 is 2.75 bits per heavy atom. The Kier molecular flexibility index (Phi) is 3.62. The van der Waals surface area contributed by atoms with Crippen LogP contribution in [0.4, 0.5) is 5.82 Å². The largest absolute Gasteiger partial charge is 0.368 e. The maximum Gasteiger partial charge on any atom is 0.129 e. The summed E-state index contributed by atoms with van der Waals surface area (Å²) >= 11 is 0. The van der Waals surface area contributed by atoms with Gasteiger partial charge in [0.25, 0.3) is 0 Å². The predicted molar refractivity (Wildman–Crippen MR) is 85.2 cm³/mol. The fraction of sp³-hybridized carbons (Fsp3) is 0.471. The summed E-state index contributed by atoms with van der Waals surface area (Å²) in [6, 6.07) is 11.1. The second-order valence-corrected chi connectivity index (χ2v) is 6.10. The number of hydrogen-bond donors (Lipinski definition) is 1. The minimum Gasteiger partial charge on any atom is -0.368 e. The highest BCUT2D eigenvalue weighted by molar-refractivity contribution is 5.81. The molecule has 0 spiro atoms. The minimum atomic E-state index is 0.614. The topological polar surface area (TPSA) is 28.2 Å². The summed E-state index contributed by atoms with van der Waals surface area (Å²) in [5.41, 5.74) is 2.28. The first-order chi connectivity index (χ1) is 9.65. The van der Waals surface area contributed by atoms with Crippen molar-refractivity contribution in [2.45, 2.75) is 25.8 Å². The van der Waals surface area contributed by atoms with Gasteiger partial charge in [-0.05, 0) is 57.5 Å². The van der Waals surface area contributed by atoms with Gasteiger partial charge in [0.2, 0.25) is 0 Å². The quantitative estimate of drug-likeness (QED) is 0.902. The molecule has 20 heavy (non-hydrogen) atoms. The zero-order valence-corrected chi connectivity index (χ0v) is 12.6. The molecule has 1 atom stereocenters. The Bertz CT molecular complexity index is 600. The van der Waals surface area contributed by atoms with Crippen molar-refractivity contribution in [3.8, 4) is 0 Å². The van der Waals surface area contributed by atoms with Gasteiger partial charge in [0.05, 0.1) is 5.52 Å². The molecule has 0 amide bonds. The number of hydrogen-bond acceptors (Lipinski definition) is 3. The van der Waals surface area contributed by atoms with Gasteiger partial charge in [-0.2, -0.15) is 0 Å². The van der Waals surface area contributed by atoms with Gasteiger partial charge in [-0.3, -0.25) is 0 Å². The van der Waals surface area contributed by atoms with E-state index in [0.717, 1.165) is 23.8 Å². The minimum absolute atomic E-state index is 0.614. The van der Waals surface area contributed by atoms with Crippen LogP contribution in [0.15, 0.2) is 30.3 Å². The molecule has 0 saturated heterocycles. The summed E-state index contributed by atoms with van der Waals surface area (Å²) in [6.07, 6.45) is 2.74. The Morgan fingerprint density at radius 1 is 1.30 bits per heavy atom. The second-order valence-electron chi connectivity index (χ2n) is 6.10. The summed E-state index contributed by atoms with van der Waals surface area (Å²) < 4.78 is 0. The maximum absolute atomic E-state index is 4.76. The summed E-state index contributed by atoms with van der Waals surface area (Å²) in [6.45, 7) is 3.10. The van der Waals surface area contributed by atoms with Gasteiger partial charge in [-0.15, -0.1) is 0 Å². The number of nitrogens with zero attached hydrogens (tertiary/aromatic N) is 2. The highest BCUT2D eigenvalue weighted by Gasteiger charge is 2.32. The lowest BCUT2D eigenvalue weighted by Gasteiger charge is -2.25. The van der Waals surface area contributed by atoms with E-state index in [1.165, 1.54) is 23.8 Å². The molecule has 1 aromatic heterocycles. The first-order valence-electron chi connectivity index (χ1n) is 7.42. The van der Waals surface area contributed by atoms with E-state index in [0.29, 0.717) is 6.04 Å². The van der Waals surface area contributed by atoms with E-state index in [4.69, 9.17) is 4.98 Å². The van der Waals surface area contributed by atoms with Gasteiger partial charge in [-0.1, -0.05) is 18.2 Å². The number of pyridine rings is 1. The molecule has 3 rings (SSSR count). The number of likely N-dealkylation sites (N-methyl/N-ethyl adjacent to an activating group) is 1. The van der Waals surface area contributed by atoms with Crippen LogP contribution in [-0.2, 0) is 0 Å². The molecule has 1 aromatic carbocycles. The second kappa shape index (κ2) is 5.41. The van der Waals surface area contributed by atoms with E-state index in [1.54, 1.807) is 0 Å². The molecule has 2 aromatic rings. The molecule has 1 fully saturated rings. The average Bonchev–Trinajstić information content (AvgIpc) is 3.23. The summed E-state index contributed by atoms with van der Waals surface area (Å²) in [5.74, 6) is 1.88. The molecule has 0 radical (unpaired) electrons. The zero-order valence-electron chi connectivity index (χ0n) is 12.6. The first-order valence-corrected chi connectivity index (χ1v) is 7.42. The molecule has 106 valence electrons. The summed E-state index contributed by atoms with van der Waals surface area (Å²) in [7, 11) is 4.34. The number of aromatic nitrogens is 1. The van der Waals surface area contributed by atoms with E-state index >= 15 is 0 Å². The van der Waals surface area contributed by atoms with Crippen LogP contribution in [0.1, 0.15) is 18.4 Å². The Labute approximate surface area is 121 Å². The lowest BCUT2D eigenvalue weighted by Crippen LogP contribution is -2.36. The van der Waals surface area contributed by atoms with Crippen LogP contribution in [0.3, 0.4) is 0 Å².